The van der Waals surface area contributed by atoms with E-state index in [1.807, 2.05) is 0 Å². The Morgan fingerprint density at radius 1 is 1.60 bits per heavy atom. The maximum atomic E-state index is 12.3. The standard InChI is InChI=1S/C7H6ClF3N2O2/c8-4-2-5(12)6(13(14)15)1-3(4)7(9,10)11/h1,5H,2,12H2. The molecule has 0 saturated heterocycles. The van der Waals surface area contributed by atoms with Crippen molar-refractivity contribution in [3.8, 4) is 0 Å². The fourth-order valence-corrected chi connectivity index (χ4v) is 1.49. The topological polar surface area (TPSA) is 69.2 Å². The Kier molecular flexibility index (Phi) is 3.05. The molecule has 1 aliphatic carbocycles. The minimum atomic E-state index is -4.70. The summed E-state index contributed by atoms with van der Waals surface area (Å²) in [6.07, 6.45) is -4.68. The van der Waals surface area contributed by atoms with Crippen molar-refractivity contribution in [2.45, 2.75) is 18.6 Å². The fraction of sp³-hybridized carbons (Fsp3) is 0.429. The molecule has 0 radical (unpaired) electrons. The van der Waals surface area contributed by atoms with Crippen LogP contribution in [0.1, 0.15) is 6.42 Å². The number of halogens is 4. The van der Waals surface area contributed by atoms with Gasteiger partial charge in [-0.25, -0.2) is 0 Å². The molecule has 2 N–H and O–H groups in total. The average molecular weight is 243 g/mol. The van der Waals surface area contributed by atoms with E-state index >= 15 is 0 Å². The van der Waals surface area contributed by atoms with Gasteiger partial charge in [0.05, 0.1) is 10.5 Å². The Bertz CT molecular complexity index is 362. The maximum Gasteiger partial charge on any atom is 0.417 e. The highest BCUT2D eigenvalue weighted by molar-refractivity contribution is 6.30. The van der Waals surface area contributed by atoms with Gasteiger partial charge in [-0.1, -0.05) is 11.6 Å². The molecule has 15 heavy (non-hydrogen) atoms. The highest BCUT2D eigenvalue weighted by Gasteiger charge is 2.40. The average Bonchev–Trinajstić information content (AvgIpc) is 2.00. The summed E-state index contributed by atoms with van der Waals surface area (Å²) >= 11 is 5.34. The van der Waals surface area contributed by atoms with Gasteiger partial charge in [0.25, 0.3) is 5.70 Å². The van der Waals surface area contributed by atoms with Gasteiger partial charge in [0.1, 0.15) is 6.04 Å². The molecule has 0 amide bonds. The third-order valence-corrected chi connectivity index (χ3v) is 2.24. The second-order valence-electron chi connectivity index (χ2n) is 2.95. The molecule has 1 rings (SSSR count). The van der Waals surface area contributed by atoms with Crippen LogP contribution in [0.15, 0.2) is 22.4 Å². The van der Waals surface area contributed by atoms with Crippen LogP contribution in [0, 0.1) is 10.1 Å². The van der Waals surface area contributed by atoms with Crippen LogP contribution in [-0.4, -0.2) is 17.1 Å². The van der Waals surface area contributed by atoms with Crippen molar-refractivity contribution in [1.29, 1.82) is 0 Å². The molecule has 0 bridgehead atoms. The molecule has 0 heterocycles. The zero-order valence-electron chi connectivity index (χ0n) is 7.21. The van der Waals surface area contributed by atoms with Crippen molar-refractivity contribution in [2.75, 3.05) is 0 Å². The molecular weight excluding hydrogens is 237 g/mol. The molecule has 84 valence electrons. The number of nitrogens with two attached hydrogens (primary N) is 1. The van der Waals surface area contributed by atoms with E-state index in [2.05, 4.69) is 0 Å². The Balaban J connectivity index is 3.18. The van der Waals surface area contributed by atoms with Gasteiger partial charge in [0.15, 0.2) is 0 Å². The first-order chi connectivity index (χ1) is 6.73. The molecule has 0 spiro atoms. The largest absolute Gasteiger partial charge is 0.417 e. The quantitative estimate of drug-likeness (QED) is 0.564. The van der Waals surface area contributed by atoms with Crippen LogP contribution >= 0.6 is 11.6 Å². The van der Waals surface area contributed by atoms with Crippen molar-refractivity contribution in [1.82, 2.24) is 0 Å². The van der Waals surface area contributed by atoms with Crippen LogP contribution in [0.25, 0.3) is 0 Å². The zero-order chi connectivity index (χ0) is 11.8. The van der Waals surface area contributed by atoms with Crippen LogP contribution in [0.3, 0.4) is 0 Å². The summed E-state index contributed by atoms with van der Waals surface area (Å²) in [7, 11) is 0. The summed E-state index contributed by atoms with van der Waals surface area (Å²) in [6.45, 7) is 0. The van der Waals surface area contributed by atoms with Gasteiger partial charge in [0.2, 0.25) is 0 Å². The highest BCUT2D eigenvalue weighted by Crippen LogP contribution is 2.36. The highest BCUT2D eigenvalue weighted by atomic mass is 35.5. The molecule has 0 aliphatic heterocycles. The van der Waals surface area contributed by atoms with Gasteiger partial charge in [-0.2, -0.15) is 13.2 Å². The third-order valence-electron chi connectivity index (χ3n) is 1.88. The third kappa shape index (κ3) is 2.48. The lowest BCUT2D eigenvalue weighted by molar-refractivity contribution is -0.430. The Hall–Kier alpha value is -1.08. The number of nitro groups is 1. The fourth-order valence-electron chi connectivity index (χ4n) is 1.16. The van der Waals surface area contributed by atoms with E-state index < -0.39 is 33.4 Å². The van der Waals surface area contributed by atoms with Gasteiger partial charge in [-0.05, 0) is 0 Å². The summed E-state index contributed by atoms with van der Waals surface area (Å²) in [4.78, 5) is 9.44. The van der Waals surface area contributed by atoms with Crippen molar-refractivity contribution in [2.24, 2.45) is 5.73 Å². The van der Waals surface area contributed by atoms with Crippen LogP contribution < -0.4 is 5.73 Å². The summed E-state index contributed by atoms with van der Waals surface area (Å²) < 4.78 is 36.9. The van der Waals surface area contributed by atoms with Crippen molar-refractivity contribution < 1.29 is 18.1 Å². The molecular formula is C7H6ClF3N2O2. The lowest BCUT2D eigenvalue weighted by Crippen LogP contribution is -2.31. The number of nitrogens with zero attached hydrogens (tertiary/aromatic N) is 1. The number of hydrogen-bond acceptors (Lipinski definition) is 3. The summed E-state index contributed by atoms with van der Waals surface area (Å²) in [5.41, 5.74) is 3.41. The number of hydrogen-bond donors (Lipinski definition) is 1. The van der Waals surface area contributed by atoms with Crippen LogP contribution in [0.5, 0.6) is 0 Å². The van der Waals surface area contributed by atoms with Gasteiger partial charge < -0.3 is 5.73 Å². The van der Waals surface area contributed by atoms with Gasteiger partial charge in [-0.3, -0.25) is 10.1 Å². The molecule has 0 aromatic carbocycles. The SMILES string of the molecule is NC1CC(Cl)=C(C(F)(F)F)C=C1[N+](=O)[O-]. The first kappa shape index (κ1) is 12.0. The van der Waals surface area contributed by atoms with E-state index in [4.69, 9.17) is 17.3 Å². The number of rotatable bonds is 1. The van der Waals surface area contributed by atoms with E-state index in [1.165, 1.54) is 0 Å². The molecule has 1 unspecified atom stereocenters. The normalized spacial score (nSPS) is 22.7. The van der Waals surface area contributed by atoms with Crippen molar-refractivity contribution >= 4 is 11.6 Å². The minimum absolute atomic E-state index is 0.372. The smallest absolute Gasteiger partial charge is 0.318 e. The Morgan fingerprint density at radius 2 is 2.13 bits per heavy atom. The summed E-state index contributed by atoms with van der Waals surface area (Å²) in [5.74, 6) is 0. The molecule has 0 aromatic heterocycles. The van der Waals surface area contributed by atoms with Gasteiger partial charge in [0, 0.05) is 17.5 Å². The van der Waals surface area contributed by atoms with Crippen LogP contribution in [0.2, 0.25) is 0 Å². The predicted octanol–water partition coefficient (Wildman–Crippen LogP) is 1.93. The van der Waals surface area contributed by atoms with Crippen molar-refractivity contribution in [3.05, 3.63) is 32.5 Å². The number of alkyl halides is 3. The Labute approximate surface area is 87.3 Å². The molecule has 0 aromatic rings. The lowest BCUT2D eigenvalue weighted by Gasteiger charge is -2.18. The zero-order valence-corrected chi connectivity index (χ0v) is 7.97. The van der Waals surface area contributed by atoms with Crippen LogP contribution in [-0.2, 0) is 0 Å². The van der Waals surface area contributed by atoms with E-state index in [0.717, 1.165) is 0 Å². The first-order valence-electron chi connectivity index (χ1n) is 3.81. The first-order valence-corrected chi connectivity index (χ1v) is 4.18. The molecule has 0 fully saturated rings. The minimum Gasteiger partial charge on any atom is -0.318 e. The second-order valence-corrected chi connectivity index (χ2v) is 3.41. The number of allylic oxidation sites excluding steroid dienone is 2. The lowest BCUT2D eigenvalue weighted by atomic mass is 10.00. The monoisotopic (exact) mass is 242 g/mol. The maximum absolute atomic E-state index is 12.3. The van der Waals surface area contributed by atoms with Gasteiger partial charge in [-0.15, -0.1) is 0 Å². The van der Waals surface area contributed by atoms with E-state index in [-0.39, 0.29) is 6.42 Å². The molecule has 4 nitrogen and oxygen atoms in total. The van der Waals surface area contributed by atoms with E-state index in [0.29, 0.717) is 6.08 Å². The predicted molar refractivity (Wildman–Crippen MR) is 46.6 cm³/mol. The summed E-state index contributed by atoms with van der Waals surface area (Å²) in [6, 6.07) is -1.10. The molecule has 1 atom stereocenters. The van der Waals surface area contributed by atoms with Crippen LogP contribution in [0.4, 0.5) is 13.2 Å². The molecule has 8 heteroatoms. The second kappa shape index (κ2) is 3.82. The van der Waals surface area contributed by atoms with E-state index in [1.54, 1.807) is 0 Å². The van der Waals surface area contributed by atoms with Gasteiger partial charge >= 0.3 is 6.18 Å². The molecule has 0 saturated carbocycles. The van der Waals surface area contributed by atoms with E-state index in [9.17, 15) is 23.3 Å². The summed E-state index contributed by atoms with van der Waals surface area (Å²) in [5, 5.41) is 9.87. The van der Waals surface area contributed by atoms with Crippen molar-refractivity contribution in [3.63, 3.8) is 0 Å². The molecule has 1 aliphatic rings. The Morgan fingerprint density at radius 3 is 2.53 bits per heavy atom.